The van der Waals surface area contributed by atoms with Gasteiger partial charge in [-0.25, -0.2) is 14.8 Å². The van der Waals surface area contributed by atoms with Crippen LogP contribution in [0.3, 0.4) is 0 Å². The van der Waals surface area contributed by atoms with E-state index in [1.165, 1.54) is 23.8 Å². The summed E-state index contributed by atoms with van der Waals surface area (Å²) >= 11 is 3.95. The molecule has 7 N–H and O–H groups in total. The molecule has 3 heterocycles. The number of rotatable bonds is 11. The van der Waals surface area contributed by atoms with E-state index in [2.05, 4.69) is 43.2 Å². The van der Waals surface area contributed by atoms with Crippen LogP contribution in [0.4, 0.5) is 0 Å². The molecule has 0 spiro atoms. The van der Waals surface area contributed by atoms with Gasteiger partial charge in [0.2, 0.25) is 17.7 Å². The lowest BCUT2D eigenvalue weighted by Crippen LogP contribution is -2.57. The molecule has 1 fully saturated rings. The maximum atomic E-state index is 13.1. The first-order chi connectivity index (χ1) is 16.3. The smallest absolute Gasteiger partial charge is 0.327 e. The SMILES string of the molecule is NC(Cc1cnc[nH]1)C(=O)N1CCCC1C(=O)NC(Cc1cnc[nH]1)C(=O)NC(CS)C(=O)O. The van der Waals surface area contributed by atoms with Crippen molar-refractivity contribution in [2.75, 3.05) is 12.3 Å². The summed E-state index contributed by atoms with van der Waals surface area (Å²) in [6.45, 7) is 0.367. The first-order valence-electron chi connectivity index (χ1n) is 10.7. The van der Waals surface area contributed by atoms with Gasteiger partial charge in [0, 0.05) is 48.9 Å². The summed E-state index contributed by atoms with van der Waals surface area (Å²) in [5.74, 6) is -2.94. The molecule has 1 saturated heterocycles. The Balaban J connectivity index is 1.69. The number of nitrogens with one attached hydrogen (secondary N) is 4. The van der Waals surface area contributed by atoms with E-state index in [0.717, 1.165) is 0 Å². The van der Waals surface area contributed by atoms with E-state index in [1.807, 2.05) is 0 Å². The van der Waals surface area contributed by atoms with E-state index in [4.69, 9.17) is 5.73 Å². The average Bonchev–Trinajstić information content (AvgIpc) is 3.58. The monoisotopic (exact) mass is 492 g/mol. The van der Waals surface area contributed by atoms with E-state index in [0.29, 0.717) is 30.8 Å². The zero-order valence-electron chi connectivity index (χ0n) is 18.3. The molecule has 0 aromatic carbocycles. The largest absolute Gasteiger partial charge is 0.480 e. The van der Waals surface area contributed by atoms with Crippen LogP contribution in [0.15, 0.2) is 25.0 Å². The Morgan fingerprint density at radius 3 is 2.32 bits per heavy atom. The minimum absolute atomic E-state index is 0.0521. The predicted molar refractivity (Wildman–Crippen MR) is 123 cm³/mol. The second-order valence-corrected chi connectivity index (χ2v) is 8.37. The Bertz CT molecular complexity index is 983. The molecule has 3 amide bonds. The number of nitrogens with zero attached hydrogens (tertiary/aromatic N) is 3. The average molecular weight is 493 g/mol. The number of carboxylic acids is 1. The number of aromatic nitrogens is 4. The van der Waals surface area contributed by atoms with E-state index in [-0.39, 0.29) is 24.5 Å². The molecule has 1 aliphatic heterocycles. The highest BCUT2D eigenvalue weighted by Gasteiger charge is 2.38. The van der Waals surface area contributed by atoms with Gasteiger partial charge in [0.25, 0.3) is 0 Å². The highest BCUT2D eigenvalue weighted by molar-refractivity contribution is 7.80. The zero-order valence-corrected chi connectivity index (χ0v) is 19.2. The van der Waals surface area contributed by atoms with Gasteiger partial charge in [0.05, 0.1) is 18.7 Å². The fraction of sp³-hybridized carbons (Fsp3) is 0.500. The summed E-state index contributed by atoms with van der Waals surface area (Å²) in [6, 6.07) is -3.96. The number of likely N-dealkylation sites (tertiary alicyclic amines) is 1. The Labute approximate surface area is 200 Å². The molecule has 34 heavy (non-hydrogen) atoms. The van der Waals surface area contributed by atoms with Crippen molar-refractivity contribution in [3.63, 3.8) is 0 Å². The van der Waals surface area contributed by atoms with Crippen molar-refractivity contribution in [1.29, 1.82) is 0 Å². The van der Waals surface area contributed by atoms with Gasteiger partial charge in [-0.05, 0) is 12.8 Å². The third kappa shape index (κ3) is 6.35. The molecule has 0 saturated carbocycles. The minimum atomic E-state index is -1.24. The molecular formula is C20H28N8O5S. The van der Waals surface area contributed by atoms with Crippen molar-refractivity contribution in [3.05, 3.63) is 36.4 Å². The van der Waals surface area contributed by atoms with Gasteiger partial charge in [-0.15, -0.1) is 0 Å². The summed E-state index contributed by atoms with van der Waals surface area (Å²) < 4.78 is 0. The number of amides is 3. The molecule has 2 aromatic heterocycles. The molecule has 0 radical (unpaired) electrons. The highest BCUT2D eigenvalue weighted by atomic mass is 32.1. The fourth-order valence-corrected chi connectivity index (χ4v) is 4.04. The van der Waals surface area contributed by atoms with Crippen LogP contribution < -0.4 is 16.4 Å². The van der Waals surface area contributed by atoms with Crippen LogP contribution in [-0.4, -0.2) is 90.1 Å². The molecule has 13 nitrogen and oxygen atoms in total. The highest BCUT2D eigenvalue weighted by Crippen LogP contribution is 2.19. The number of aromatic amines is 2. The molecule has 14 heteroatoms. The number of carboxylic acid groups (broad SMARTS) is 1. The molecule has 3 rings (SSSR count). The lowest BCUT2D eigenvalue weighted by molar-refractivity contribution is -0.142. The van der Waals surface area contributed by atoms with Crippen molar-refractivity contribution in [2.45, 2.75) is 49.9 Å². The van der Waals surface area contributed by atoms with Gasteiger partial charge < -0.3 is 36.3 Å². The summed E-state index contributed by atoms with van der Waals surface area (Å²) in [5, 5.41) is 14.3. The third-order valence-electron chi connectivity index (χ3n) is 5.56. The number of hydrogen-bond acceptors (Lipinski definition) is 8. The van der Waals surface area contributed by atoms with E-state index < -0.39 is 42.0 Å². The normalized spacial score (nSPS) is 18.2. The van der Waals surface area contributed by atoms with Gasteiger partial charge in [-0.3, -0.25) is 14.4 Å². The van der Waals surface area contributed by atoms with Crippen LogP contribution in [-0.2, 0) is 32.0 Å². The predicted octanol–water partition coefficient (Wildman–Crippen LogP) is -1.78. The first kappa shape index (κ1) is 25.2. The number of imidazole rings is 2. The maximum absolute atomic E-state index is 13.1. The Hall–Kier alpha value is -3.39. The number of hydrogen-bond donors (Lipinski definition) is 7. The van der Waals surface area contributed by atoms with E-state index in [1.54, 1.807) is 6.20 Å². The fourth-order valence-electron chi connectivity index (χ4n) is 3.79. The van der Waals surface area contributed by atoms with Crippen molar-refractivity contribution in [2.24, 2.45) is 5.73 Å². The van der Waals surface area contributed by atoms with Crippen LogP contribution in [0.2, 0.25) is 0 Å². The van der Waals surface area contributed by atoms with Crippen LogP contribution in [0.25, 0.3) is 0 Å². The van der Waals surface area contributed by atoms with Gasteiger partial charge >= 0.3 is 5.97 Å². The molecule has 4 atom stereocenters. The molecule has 4 unspecified atom stereocenters. The van der Waals surface area contributed by atoms with E-state index >= 15 is 0 Å². The molecule has 2 aromatic rings. The lowest BCUT2D eigenvalue weighted by Gasteiger charge is -2.28. The maximum Gasteiger partial charge on any atom is 0.327 e. The summed E-state index contributed by atoms with van der Waals surface area (Å²) in [4.78, 5) is 65.2. The van der Waals surface area contributed by atoms with Crippen LogP contribution in [0, 0.1) is 0 Å². The second kappa shape index (κ2) is 11.7. The standard InChI is InChI=1S/C20H28N8O5S/c21-13(4-11-6-22-9-24-11)19(31)28-3-1-2-16(28)18(30)26-14(5-12-7-23-10-25-12)17(29)27-15(8-34)20(32)33/h6-7,9-10,13-16,34H,1-5,8,21H2,(H,22,24)(H,23,25)(H,26,30)(H,27,29)(H,32,33). The number of carbonyl (C=O) groups is 4. The first-order valence-corrected chi connectivity index (χ1v) is 11.4. The summed E-state index contributed by atoms with van der Waals surface area (Å²) in [6.07, 6.45) is 7.32. The van der Waals surface area contributed by atoms with Gasteiger partial charge in [-0.1, -0.05) is 0 Å². The Morgan fingerprint density at radius 1 is 1.12 bits per heavy atom. The lowest BCUT2D eigenvalue weighted by atomic mass is 10.1. The quantitative estimate of drug-likeness (QED) is 0.178. The molecule has 1 aliphatic rings. The summed E-state index contributed by atoms with van der Waals surface area (Å²) in [5.41, 5.74) is 7.35. The molecular weight excluding hydrogens is 464 g/mol. The Morgan fingerprint density at radius 2 is 1.76 bits per heavy atom. The molecule has 0 aliphatic carbocycles. The Kier molecular flexibility index (Phi) is 8.65. The topological polar surface area (TPSA) is 199 Å². The van der Waals surface area contributed by atoms with Gasteiger partial charge in [0.1, 0.15) is 18.1 Å². The van der Waals surface area contributed by atoms with Crippen LogP contribution >= 0.6 is 12.6 Å². The van der Waals surface area contributed by atoms with Gasteiger partial charge in [0.15, 0.2) is 0 Å². The number of H-pyrrole nitrogens is 2. The molecule has 184 valence electrons. The number of aliphatic carboxylic acids is 1. The van der Waals surface area contributed by atoms with Crippen molar-refractivity contribution >= 4 is 36.3 Å². The van der Waals surface area contributed by atoms with E-state index in [9.17, 15) is 24.3 Å². The van der Waals surface area contributed by atoms with Crippen molar-refractivity contribution in [1.82, 2.24) is 35.5 Å². The number of carbonyl (C=O) groups excluding carboxylic acids is 3. The minimum Gasteiger partial charge on any atom is -0.480 e. The number of thiol groups is 1. The van der Waals surface area contributed by atoms with Crippen LogP contribution in [0.5, 0.6) is 0 Å². The zero-order chi connectivity index (χ0) is 24.7. The second-order valence-electron chi connectivity index (χ2n) is 8.00. The third-order valence-corrected chi connectivity index (χ3v) is 5.92. The van der Waals surface area contributed by atoms with Crippen molar-refractivity contribution in [3.8, 4) is 0 Å². The number of nitrogens with two attached hydrogens (primary N) is 1. The van der Waals surface area contributed by atoms with Crippen molar-refractivity contribution < 1.29 is 24.3 Å². The van der Waals surface area contributed by atoms with Gasteiger partial charge in [-0.2, -0.15) is 12.6 Å². The summed E-state index contributed by atoms with van der Waals surface area (Å²) in [7, 11) is 0. The van der Waals surface area contributed by atoms with Crippen LogP contribution in [0.1, 0.15) is 24.2 Å². The molecule has 0 bridgehead atoms.